The molecule has 0 saturated carbocycles. The number of carbonyl (C=O) groups excluding carboxylic acids is 1. The second kappa shape index (κ2) is 7.15. The first-order chi connectivity index (χ1) is 13.1. The zero-order valence-electron chi connectivity index (χ0n) is 14.9. The van der Waals surface area contributed by atoms with Crippen LogP contribution in [0.15, 0.2) is 42.5 Å². The smallest absolute Gasteiger partial charge is 0.242 e. The average molecular weight is 385 g/mol. The minimum Gasteiger partial charge on any atom is -0.497 e. The van der Waals surface area contributed by atoms with Gasteiger partial charge in [-0.05, 0) is 48.0 Å². The first kappa shape index (κ1) is 17.7. The van der Waals surface area contributed by atoms with Gasteiger partial charge in [0.1, 0.15) is 11.6 Å². The fraction of sp³-hybridized carbons (Fsp3) is 0.300. The van der Waals surface area contributed by atoms with E-state index in [1.165, 1.54) is 6.07 Å². The molecule has 140 valence electrons. The minimum atomic E-state index is -0.200. The molecule has 7 heteroatoms. The standard InChI is InChI=1S/C20H20FN3O2S/c1-26-14-5-2-4-13(10-14)22-20(27)23-11-18-16-6-3-7-17(21)15(16)8-9-24(18)19(25)12-23/h2-7,10,18H,8-9,11-12H2,1H3,(H,22,27)/t18-/m0/s1. The number of benzene rings is 2. The van der Waals surface area contributed by atoms with E-state index in [1.54, 1.807) is 13.2 Å². The van der Waals surface area contributed by atoms with Gasteiger partial charge in [0, 0.05) is 24.8 Å². The van der Waals surface area contributed by atoms with Crippen LogP contribution in [0.25, 0.3) is 0 Å². The maximum Gasteiger partial charge on any atom is 0.242 e. The van der Waals surface area contributed by atoms with Gasteiger partial charge < -0.3 is 19.9 Å². The van der Waals surface area contributed by atoms with Gasteiger partial charge in [-0.15, -0.1) is 0 Å². The molecule has 2 aromatic carbocycles. The highest BCUT2D eigenvalue weighted by atomic mass is 32.1. The van der Waals surface area contributed by atoms with E-state index in [1.807, 2.05) is 40.1 Å². The number of hydrogen-bond donors (Lipinski definition) is 1. The maximum atomic E-state index is 14.2. The van der Waals surface area contributed by atoms with Crippen LogP contribution in [0.2, 0.25) is 0 Å². The van der Waals surface area contributed by atoms with E-state index in [-0.39, 0.29) is 24.3 Å². The van der Waals surface area contributed by atoms with Crippen LogP contribution >= 0.6 is 12.2 Å². The molecule has 2 aliphatic rings. The number of ether oxygens (including phenoxy) is 1. The third-order valence-electron chi connectivity index (χ3n) is 5.14. The largest absolute Gasteiger partial charge is 0.497 e. The van der Waals surface area contributed by atoms with Gasteiger partial charge in [-0.2, -0.15) is 0 Å². The van der Waals surface area contributed by atoms with Crippen molar-refractivity contribution < 1.29 is 13.9 Å². The number of halogens is 1. The molecule has 1 fully saturated rings. The zero-order valence-corrected chi connectivity index (χ0v) is 15.8. The molecule has 2 aromatic rings. The number of nitrogens with zero attached hydrogens (tertiary/aromatic N) is 2. The molecule has 0 aromatic heterocycles. The highest BCUT2D eigenvalue weighted by Crippen LogP contribution is 2.34. The number of piperazine rings is 1. The van der Waals surface area contributed by atoms with Crippen LogP contribution in [0.5, 0.6) is 5.75 Å². The Morgan fingerprint density at radius 2 is 2.11 bits per heavy atom. The summed E-state index contributed by atoms with van der Waals surface area (Å²) in [6.45, 7) is 1.30. The van der Waals surface area contributed by atoms with Gasteiger partial charge >= 0.3 is 0 Å². The van der Waals surface area contributed by atoms with Gasteiger partial charge in [0.25, 0.3) is 0 Å². The number of nitrogens with one attached hydrogen (secondary N) is 1. The van der Waals surface area contributed by atoms with Gasteiger partial charge in [-0.3, -0.25) is 4.79 Å². The van der Waals surface area contributed by atoms with Crippen molar-refractivity contribution in [2.75, 3.05) is 32.1 Å². The maximum absolute atomic E-state index is 14.2. The molecule has 0 bridgehead atoms. The molecule has 27 heavy (non-hydrogen) atoms. The molecule has 2 aliphatic heterocycles. The van der Waals surface area contributed by atoms with E-state index in [9.17, 15) is 9.18 Å². The monoisotopic (exact) mass is 385 g/mol. The normalized spacial score (nSPS) is 18.6. The quantitative estimate of drug-likeness (QED) is 0.806. The Bertz CT molecular complexity index is 905. The van der Waals surface area contributed by atoms with Crippen molar-refractivity contribution in [3.8, 4) is 5.75 Å². The third-order valence-corrected chi connectivity index (χ3v) is 5.50. The summed E-state index contributed by atoms with van der Waals surface area (Å²) in [7, 11) is 1.61. The molecule has 0 radical (unpaired) electrons. The molecule has 4 rings (SSSR count). The second-order valence-corrected chi connectivity index (χ2v) is 7.09. The molecular formula is C20H20FN3O2S. The Balaban J connectivity index is 1.55. The topological polar surface area (TPSA) is 44.8 Å². The van der Waals surface area contributed by atoms with Crippen molar-refractivity contribution >= 4 is 28.9 Å². The molecule has 1 atom stereocenters. The Kier molecular flexibility index (Phi) is 4.70. The Hall–Kier alpha value is -2.67. The second-order valence-electron chi connectivity index (χ2n) is 6.70. The summed E-state index contributed by atoms with van der Waals surface area (Å²) in [6.07, 6.45) is 0.552. The number of thiocarbonyl (C=S) groups is 1. The highest BCUT2D eigenvalue weighted by molar-refractivity contribution is 7.80. The lowest BCUT2D eigenvalue weighted by Gasteiger charge is -2.45. The number of rotatable bonds is 2. The molecule has 1 saturated heterocycles. The van der Waals surface area contributed by atoms with Crippen molar-refractivity contribution in [1.29, 1.82) is 0 Å². The summed E-state index contributed by atoms with van der Waals surface area (Å²) in [5, 5.41) is 3.64. The Morgan fingerprint density at radius 3 is 2.93 bits per heavy atom. The fourth-order valence-corrected chi connectivity index (χ4v) is 4.05. The van der Waals surface area contributed by atoms with Crippen LogP contribution in [0.1, 0.15) is 17.2 Å². The number of amides is 1. The minimum absolute atomic E-state index is 0.0101. The van der Waals surface area contributed by atoms with Gasteiger partial charge in [0.05, 0.1) is 19.7 Å². The molecule has 0 spiro atoms. The van der Waals surface area contributed by atoms with Crippen molar-refractivity contribution in [1.82, 2.24) is 9.80 Å². The van der Waals surface area contributed by atoms with Crippen LogP contribution in [0.3, 0.4) is 0 Å². The van der Waals surface area contributed by atoms with Gasteiger partial charge in [-0.25, -0.2) is 4.39 Å². The molecule has 0 unspecified atom stereocenters. The Labute approximate surface area is 162 Å². The van der Waals surface area contributed by atoms with Gasteiger partial charge in [0.15, 0.2) is 5.11 Å². The molecule has 1 N–H and O–H groups in total. The zero-order chi connectivity index (χ0) is 19.0. The summed E-state index contributed by atoms with van der Waals surface area (Å²) in [6, 6.07) is 12.4. The van der Waals surface area contributed by atoms with Crippen molar-refractivity contribution in [2.45, 2.75) is 12.5 Å². The van der Waals surface area contributed by atoms with E-state index in [0.29, 0.717) is 30.2 Å². The molecule has 1 amide bonds. The van der Waals surface area contributed by atoms with Crippen molar-refractivity contribution in [2.24, 2.45) is 0 Å². The van der Waals surface area contributed by atoms with Crippen LogP contribution < -0.4 is 10.1 Å². The van der Waals surface area contributed by atoms with E-state index >= 15 is 0 Å². The van der Waals surface area contributed by atoms with Gasteiger partial charge in [0.2, 0.25) is 5.91 Å². The molecule has 2 heterocycles. The van der Waals surface area contributed by atoms with Crippen LogP contribution in [-0.2, 0) is 11.2 Å². The van der Waals surface area contributed by atoms with Crippen molar-refractivity contribution in [3.05, 3.63) is 59.4 Å². The number of fused-ring (bicyclic) bond motifs is 3. The lowest BCUT2D eigenvalue weighted by Crippen LogP contribution is -2.56. The summed E-state index contributed by atoms with van der Waals surface area (Å²) in [5.41, 5.74) is 2.38. The lowest BCUT2D eigenvalue weighted by atomic mass is 9.90. The Morgan fingerprint density at radius 1 is 1.30 bits per heavy atom. The summed E-state index contributed by atoms with van der Waals surface area (Å²) >= 11 is 5.54. The molecule has 0 aliphatic carbocycles. The van der Waals surface area contributed by atoms with Crippen LogP contribution in [-0.4, -0.2) is 47.6 Å². The predicted octanol–water partition coefficient (Wildman–Crippen LogP) is 2.97. The fourth-order valence-electron chi connectivity index (χ4n) is 3.79. The first-order valence-corrected chi connectivity index (χ1v) is 9.24. The number of methoxy groups -OCH3 is 1. The third kappa shape index (κ3) is 3.35. The van der Waals surface area contributed by atoms with E-state index < -0.39 is 0 Å². The summed E-state index contributed by atoms with van der Waals surface area (Å²) < 4.78 is 19.4. The summed E-state index contributed by atoms with van der Waals surface area (Å²) in [5.74, 6) is 0.533. The SMILES string of the molecule is COc1cccc(NC(=S)N2CC(=O)N3CCc4c(F)cccc4[C@@H]3C2)c1. The van der Waals surface area contributed by atoms with Crippen LogP contribution in [0.4, 0.5) is 10.1 Å². The van der Waals surface area contributed by atoms with E-state index in [0.717, 1.165) is 17.0 Å². The van der Waals surface area contributed by atoms with E-state index in [4.69, 9.17) is 17.0 Å². The first-order valence-electron chi connectivity index (χ1n) is 8.83. The number of carbonyl (C=O) groups is 1. The number of anilines is 1. The molecule has 5 nitrogen and oxygen atoms in total. The highest BCUT2D eigenvalue weighted by Gasteiger charge is 2.38. The van der Waals surface area contributed by atoms with Gasteiger partial charge in [-0.1, -0.05) is 18.2 Å². The van der Waals surface area contributed by atoms with Crippen LogP contribution in [0, 0.1) is 5.82 Å². The average Bonchev–Trinajstić information content (AvgIpc) is 2.68. The van der Waals surface area contributed by atoms with E-state index in [2.05, 4.69) is 5.32 Å². The van der Waals surface area contributed by atoms with Crippen molar-refractivity contribution in [3.63, 3.8) is 0 Å². The summed E-state index contributed by atoms with van der Waals surface area (Å²) in [4.78, 5) is 16.4. The predicted molar refractivity (Wildman–Crippen MR) is 105 cm³/mol. The lowest BCUT2D eigenvalue weighted by molar-refractivity contribution is -0.138. The number of hydrogen-bond acceptors (Lipinski definition) is 3. The molecular weight excluding hydrogens is 365 g/mol.